The molecule has 0 aromatic carbocycles. The van der Waals surface area contributed by atoms with E-state index in [0.29, 0.717) is 11.8 Å². The van der Waals surface area contributed by atoms with Crippen molar-refractivity contribution < 1.29 is 4.42 Å². The Labute approximate surface area is 134 Å². The van der Waals surface area contributed by atoms with Gasteiger partial charge in [-0.15, -0.1) is 31.7 Å². The number of thioether (sulfide) groups is 1. The van der Waals surface area contributed by atoms with E-state index in [1.54, 1.807) is 23.1 Å². The SMILES string of the molecule is CCNc1nnc(SC(C)c2nnc(-c3cccs3)o2)s1. The first-order chi connectivity index (χ1) is 10.3. The number of anilines is 1. The summed E-state index contributed by atoms with van der Waals surface area (Å²) in [5.41, 5.74) is 0. The van der Waals surface area contributed by atoms with Gasteiger partial charge in [0.05, 0.1) is 10.1 Å². The molecule has 0 aliphatic rings. The Hall–Kier alpha value is -1.45. The highest BCUT2D eigenvalue weighted by molar-refractivity contribution is 8.01. The van der Waals surface area contributed by atoms with Crippen LogP contribution in [0.5, 0.6) is 0 Å². The quantitative estimate of drug-likeness (QED) is 0.682. The summed E-state index contributed by atoms with van der Waals surface area (Å²) in [6.07, 6.45) is 0. The lowest BCUT2D eigenvalue weighted by Crippen LogP contribution is -1.94. The van der Waals surface area contributed by atoms with E-state index in [-0.39, 0.29) is 5.25 Å². The summed E-state index contributed by atoms with van der Waals surface area (Å²) in [7, 11) is 0. The van der Waals surface area contributed by atoms with Crippen molar-refractivity contribution >= 4 is 39.6 Å². The second-order valence-electron chi connectivity index (χ2n) is 4.09. The van der Waals surface area contributed by atoms with Gasteiger partial charge in [0, 0.05) is 6.54 Å². The number of nitrogens with one attached hydrogen (secondary N) is 1. The lowest BCUT2D eigenvalue weighted by molar-refractivity contribution is 0.510. The maximum absolute atomic E-state index is 5.72. The van der Waals surface area contributed by atoms with Gasteiger partial charge >= 0.3 is 0 Å². The summed E-state index contributed by atoms with van der Waals surface area (Å²) < 4.78 is 6.61. The monoisotopic (exact) mass is 339 g/mol. The fourth-order valence-corrected chi connectivity index (χ4v) is 4.22. The first-order valence-electron chi connectivity index (χ1n) is 6.37. The molecule has 0 bridgehead atoms. The van der Waals surface area contributed by atoms with Crippen molar-refractivity contribution in [3.05, 3.63) is 23.4 Å². The highest BCUT2D eigenvalue weighted by Gasteiger charge is 2.18. The van der Waals surface area contributed by atoms with E-state index in [4.69, 9.17) is 4.42 Å². The molecule has 0 aliphatic carbocycles. The maximum Gasteiger partial charge on any atom is 0.257 e. The average molecular weight is 339 g/mol. The predicted octanol–water partition coefficient (Wildman–Crippen LogP) is 3.93. The van der Waals surface area contributed by atoms with Crippen LogP contribution >= 0.6 is 34.4 Å². The third kappa shape index (κ3) is 3.42. The molecule has 0 amide bonds. The molecule has 3 rings (SSSR count). The molecule has 3 aromatic rings. The van der Waals surface area contributed by atoms with Gasteiger partial charge in [0.15, 0.2) is 4.34 Å². The van der Waals surface area contributed by atoms with Crippen molar-refractivity contribution in [3.63, 3.8) is 0 Å². The zero-order chi connectivity index (χ0) is 14.7. The zero-order valence-corrected chi connectivity index (χ0v) is 13.9. The van der Waals surface area contributed by atoms with Gasteiger partial charge < -0.3 is 9.73 Å². The van der Waals surface area contributed by atoms with Gasteiger partial charge in [-0.05, 0) is 25.3 Å². The summed E-state index contributed by atoms with van der Waals surface area (Å²) in [6, 6.07) is 3.93. The average Bonchev–Trinajstić information content (AvgIpc) is 3.20. The van der Waals surface area contributed by atoms with E-state index in [0.717, 1.165) is 20.9 Å². The molecule has 1 unspecified atom stereocenters. The standard InChI is InChI=1S/C12H13N5OS3/c1-3-13-11-16-17-12(21-11)20-7(2)9-14-15-10(18-9)8-5-4-6-19-8/h4-7H,3H2,1-2H3,(H,13,16). The molecule has 21 heavy (non-hydrogen) atoms. The molecule has 6 nitrogen and oxygen atoms in total. The molecular weight excluding hydrogens is 326 g/mol. The second kappa shape index (κ2) is 6.54. The molecule has 1 N–H and O–H groups in total. The van der Waals surface area contributed by atoms with Crippen molar-refractivity contribution in [2.24, 2.45) is 0 Å². The van der Waals surface area contributed by atoms with Gasteiger partial charge in [-0.1, -0.05) is 29.2 Å². The molecule has 0 spiro atoms. The van der Waals surface area contributed by atoms with Crippen molar-refractivity contribution in [1.82, 2.24) is 20.4 Å². The summed E-state index contributed by atoms with van der Waals surface area (Å²) in [4.78, 5) is 0.983. The topological polar surface area (TPSA) is 76.7 Å². The minimum atomic E-state index is 0.0358. The van der Waals surface area contributed by atoms with E-state index in [1.165, 1.54) is 11.3 Å². The molecular formula is C12H13N5OS3. The van der Waals surface area contributed by atoms with Crippen molar-refractivity contribution in [2.45, 2.75) is 23.4 Å². The van der Waals surface area contributed by atoms with E-state index in [1.807, 2.05) is 31.4 Å². The molecule has 3 aromatic heterocycles. The molecule has 0 aliphatic heterocycles. The lowest BCUT2D eigenvalue weighted by Gasteiger charge is -2.01. The normalized spacial score (nSPS) is 12.5. The van der Waals surface area contributed by atoms with Gasteiger partial charge in [-0.25, -0.2) is 0 Å². The fraction of sp³-hybridized carbons (Fsp3) is 0.333. The first-order valence-corrected chi connectivity index (χ1v) is 8.95. The van der Waals surface area contributed by atoms with Gasteiger partial charge in [0.1, 0.15) is 0 Å². The number of aromatic nitrogens is 4. The number of thiophene rings is 1. The van der Waals surface area contributed by atoms with Crippen molar-refractivity contribution in [3.8, 4) is 10.8 Å². The number of nitrogens with zero attached hydrogens (tertiary/aromatic N) is 4. The summed E-state index contributed by atoms with van der Waals surface area (Å²) in [5.74, 6) is 1.17. The van der Waals surface area contributed by atoms with Crippen LogP contribution in [-0.2, 0) is 0 Å². The van der Waals surface area contributed by atoms with Crippen LogP contribution in [0.15, 0.2) is 26.3 Å². The highest BCUT2D eigenvalue weighted by atomic mass is 32.2. The smallest absolute Gasteiger partial charge is 0.257 e. The van der Waals surface area contributed by atoms with Gasteiger partial charge in [0.2, 0.25) is 11.0 Å². The second-order valence-corrected chi connectivity index (χ2v) is 7.60. The van der Waals surface area contributed by atoms with E-state index in [9.17, 15) is 0 Å². The molecule has 3 heterocycles. The van der Waals surface area contributed by atoms with E-state index < -0.39 is 0 Å². The summed E-state index contributed by atoms with van der Waals surface area (Å²) >= 11 is 4.68. The third-order valence-electron chi connectivity index (χ3n) is 2.53. The number of hydrogen-bond donors (Lipinski definition) is 1. The summed E-state index contributed by atoms with van der Waals surface area (Å²) in [6.45, 7) is 4.88. The van der Waals surface area contributed by atoms with Crippen LogP contribution in [0.25, 0.3) is 10.8 Å². The van der Waals surface area contributed by atoms with Crippen molar-refractivity contribution in [1.29, 1.82) is 0 Å². The van der Waals surface area contributed by atoms with Gasteiger partial charge in [0.25, 0.3) is 5.89 Å². The molecule has 0 saturated heterocycles. The molecule has 0 fully saturated rings. The number of hydrogen-bond acceptors (Lipinski definition) is 9. The predicted molar refractivity (Wildman–Crippen MR) is 86.0 cm³/mol. The van der Waals surface area contributed by atoms with Gasteiger partial charge in [-0.3, -0.25) is 0 Å². The van der Waals surface area contributed by atoms with Crippen LogP contribution in [0.4, 0.5) is 5.13 Å². The Morgan fingerprint density at radius 2 is 2.24 bits per heavy atom. The van der Waals surface area contributed by atoms with Crippen LogP contribution in [0.3, 0.4) is 0 Å². The minimum absolute atomic E-state index is 0.0358. The minimum Gasteiger partial charge on any atom is -0.419 e. The van der Waals surface area contributed by atoms with E-state index in [2.05, 4.69) is 25.7 Å². The Bertz CT molecular complexity index is 693. The highest BCUT2D eigenvalue weighted by Crippen LogP contribution is 2.37. The molecule has 110 valence electrons. The molecule has 0 radical (unpaired) electrons. The maximum atomic E-state index is 5.72. The zero-order valence-electron chi connectivity index (χ0n) is 11.4. The van der Waals surface area contributed by atoms with Crippen LogP contribution in [0, 0.1) is 0 Å². The Kier molecular flexibility index (Phi) is 4.51. The fourth-order valence-electron chi connectivity index (χ4n) is 1.58. The van der Waals surface area contributed by atoms with Crippen LogP contribution in [0.1, 0.15) is 25.0 Å². The van der Waals surface area contributed by atoms with Crippen molar-refractivity contribution in [2.75, 3.05) is 11.9 Å². The lowest BCUT2D eigenvalue weighted by atomic mass is 10.5. The third-order valence-corrected chi connectivity index (χ3v) is 5.44. The largest absolute Gasteiger partial charge is 0.419 e. The molecule has 9 heteroatoms. The van der Waals surface area contributed by atoms with E-state index >= 15 is 0 Å². The van der Waals surface area contributed by atoms with Crippen LogP contribution < -0.4 is 5.32 Å². The van der Waals surface area contributed by atoms with Crippen LogP contribution in [0.2, 0.25) is 0 Å². The molecule has 1 atom stereocenters. The Morgan fingerprint density at radius 3 is 3.00 bits per heavy atom. The molecule has 0 saturated carbocycles. The number of rotatable bonds is 6. The first kappa shape index (κ1) is 14.5. The van der Waals surface area contributed by atoms with Gasteiger partial charge in [-0.2, -0.15) is 0 Å². The van der Waals surface area contributed by atoms with Crippen LogP contribution in [-0.4, -0.2) is 26.9 Å². The Balaban J connectivity index is 1.68. The Morgan fingerprint density at radius 1 is 1.33 bits per heavy atom. The summed E-state index contributed by atoms with van der Waals surface area (Å²) in [5, 5.41) is 22.4.